The second-order valence-corrected chi connectivity index (χ2v) is 4.63. The minimum atomic E-state index is -0.645. The van der Waals surface area contributed by atoms with E-state index < -0.39 is 6.10 Å². The molecular formula is C16H27N3O3. The largest absolute Gasteiger partial charge is 0.497 e. The lowest BCUT2D eigenvalue weighted by molar-refractivity contribution is 0.152. The van der Waals surface area contributed by atoms with Crippen LogP contribution in [-0.4, -0.2) is 51.0 Å². The van der Waals surface area contributed by atoms with Crippen LogP contribution in [0, 0.1) is 0 Å². The molecule has 3 N–H and O–H groups in total. The fourth-order valence-electron chi connectivity index (χ4n) is 1.84. The fraction of sp³-hybridized carbons (Fsp3) is 0.562. The van der Waals surface area contributed by atoms with Crippen LogP contribution in [0.2, 0.25) is 0 Å². The van der Waals surface area contributed by atoms with Crippen molar-refractivity contribution in [2.24, 2.45) is 4.99 Å². The van der Waals surface area contributed by atoms with Crippen LogP contribution >= 0.6 is 0 Å². The summed E-state index contributed by atoms with van der Waals surface area (Å²) in [5.41, 5.74) is 0.815. The normalized spacial score (nSPS) is 12.8. The molecule has 0 saturated carbocycles. The quantitative estimate of drug-likeness (QED) is 0.364. The molecule has 0 bridgehead atoms. The van der Waals surface area contributed by atoms with E-state index in [0.29, 0.717) is 25.7 Å². The minimum Gasteiger partial charge on any atom is -0.497 e. The van der Waals surface area contributed by atoms with Gasteiger partial charge in [0, 0.05) is 19.7 Å². The topological polar surface area (TPSA) is 75.1 Å². The summed E-state index contributed by atoms with van der Waals surface area (Å²) in [6.07, 6.45) is -0.645. The lowest BCUT2D eigenvalue weighted by atomic mass is 10.1. The van der Waals surface area contributed by atoms with Gasteiger partial charge in [0.2, 0.25) is 0 Å². The molecule has 0 spiro atoms. The standard InChI is InChI=1S/C16H27N3O3/c1-4-17-16(18-10-11-22-5-2)19-12-15(20)13-6-8-14(21-3)9-7-13/h6-9,15,20H,4-5,10-12H2,1-3H3,(H2,17,18,19). The highest BCUT2D eigenvalue weighted by Crippen LogP contribution is 2.17. The van der Waals surface area contributed by atoms with E-state index in [4.69, 9.17) is 9.47 Å². The van der Waals surface area contributed by atoms with Gasteiger partial charge in [-0.1, -0.05) is 12.1 Å². The number of aliphatic hydroxyl groups is 1. The van der Waals surface area contributed by atoms with Gasteiger partial charge in [-0.05, 0) is 31.5 Å². The van der Waals surface area contributed by atoms with Crippen LogP contribution in [0.5, 0.6) is 5.75 Å². The first-order chi connectivity index (χ1) is 10.7. The molecule has 0 aromatic heterocycles. The van der Waals surface area contributed by atoms with E-state index in [1.807, 2.05) is 38.1 Å². The predicted molar refractivity (Wildman–Crippen MR) is 88.4 cm³/mol. The second kappa shape index (κ2) is 10.9. The summed E-state index contributed by atoms with van der Waals surface area (Å²) in [4.78, 5) is 4.39. The number of rotatable bonds is 9. The summed E-state index contributed by atoms with van der Waals surface area (Å²) in [5, 5.41) is 16.5. The Kier molecular flexibility index (Phi) is 9.02. The van der Waals surface area contributed by atoms with Crippen molar-refractivity contribution in [3.63, 3.8) is 0 Å². The molecule has 0 aliphatic carbocycles. The van der Waals surface area contributed by atoms with Crippen LogP contribution < -0.4 is 15.4 Å². The van der Waals surface area contributed by atoms with Crippen molar-refractivity contribution in [3.8, 4) is 5.75 Å². The van der Waals surface area contributed by atoms with Crippen molar-refractivity contribution in [1.29, 1.82) is 0 Å². The van der Waals surface area contributed by atoms with Crippen molar-refractivity contribution in [2.75, 3.05) is 40.0 Å². The Morgan fingerprint density at radius 2 is 1.95 bits per heavy atom. The van der Waals surface area contributed by atoms with Gasteiger partial charge < -0.3 is 25.2 Å². The monoisotopic (exact) mass is 309 g/mol. The van der Waals surface area contributed by atoms with Gasteiger partial charge in [-0.15, -0.1) is 0 Å². The molecule has 124 valence electrons. The molecule has 0 fully saturated rings. The van der Waals surface area contributed by atoms with Crippen molar-refractivity contribution >= 4 is 5.96 Å². The molecule has 1 unspecified atom stereocenters. The number of hydrogen-bond donors (Lipinski definition) is 3. The van der Waals surface area contributed by atoms with Crippen LogP contribution in [0.4, 0.5) is 0 Å². The average Bonchev–Trinajstić information content (AvgIpc) is 2.56. The molecule has 1 aromatic rings. The third-order valence-corrected chi connectivity index (χ3v) is 3.01. The molecular weight excluding hydrogens is 282 g/mol. The Morgan fingerprint density at radius 3 is 2.55 bits per heavy atom. The molecule has 1 aromatic carbocycles. The molecule has 6 nitrogen and oxygen atoms in total. The highest BCUT2D eigenvalue weighted by atomic mass is 16.5. The first-order valence-electron chi connectivity index (χ1n) is 7.63. The van der Waals surface area contributed by atoms with E-state index in [2.05, 4.69) is 15.6 Å². The van der Waals surface area contributed by atoms with Crippen LogP contribution in [0.25, 0.3) is 0 Å². The lowest BCUT2D eigenvalue weighted by Gasteiger charge is -2.13. The zero-order valence-electron chi connectivity index (χ0n) is 13.6. The first kappa shape index (κ1) is 18.3. The first-order valence-corrected chi connectivity index (χ1v) is 7.63. The maximum Gasteiger partial charge on any atom is 0.191 e. The molecule has 0 aliphatic rings. The third-order valence-electron chi connectivity index (χ3n) is 3.01. The van der Waals surface area contributed by atoms with Gasteiger partial charge >= 0.3 is 0 Å². The minimum absolute atomic E-state index is 0.288. The highest BCUT2D eigenvalue weighted by molar-refractivity contribution is 5.79. The highest BCUT2D eigenvalue weighted by Gasteiger charge is 2.07. The molecule has 0 amide bonds. The average molecular weight is 309 g/mol. The molecule has 0 aliphatic heterocycles. The fourth-order valence-corrected chi connectivity index (χ4v) is 1.84. The summed E-state index contributed by atoms with van der Waals surface area (Å²) in [5.74, 6) is 1.44. The van der Waals surface area contributed by atoms with Gasteiger partial charge in [-0.2, -0.15) is 0 Å². The number of nitrogens with zero attached hydrogens (tertiary/aromatic N) is 1. The van der Waals surface area contributed by atoms with E-state index in [0.717, 1.165) is 17.9 Å². The van der Waals surface area contributed by atoms with Gasteiger partial charge in [0.1, 0.15) is 5.75 Å². The van der Waals surface area contributed by atoms with Gasteiger partial charge in [-0.3, -0.25) is 4.99 Å². The van der Waals surface area contributed by atoms with E-state index in [1.54, 1.807) is 7.11 Å². The molecule has 6 heteroatoms. The molecule has 1 rings (SSSR count). The molecule has 22 heavy (non-hydrogen) atoms. The van der Waals surface area contributed by atoms with Crippen LogP contribution in [-0.2, 0) is 4.74 Å². The van der Waals surface area contributed by atoms with Crippen molar-refractivity contribution in [2.45, 2.75) is 20.0 Å². The summed E-state index contributed by atoms with van der Waals surface area (Å²) in [7, 11) is 1.62. The van der Waals surface area contributed by atoms with Crippen molar-refractivity contribution in [3.05, 3.63) is 29.8 Å². The van der Waals surface area contributed by atoms with Crippen LogP contribution in [0.3, 0.4) is 0 Å². The maximum atomic E-state index is 10.2. The second-order valence-electron chi connectivity index (χ2n) is 4.63. The lowest BCUT2D eigenvalue weighted by Crippen LogP contribution is -2.39. The Hall–Kier alpha value is -1.79. The van der Waals surface area contributed by atoms with E-state index >= 15 is 0 Å². The Labute approximate surface area is 132 Å². The number of hydrogen-bond acceptors (Lipinski definition) is 4. The van der Waals surface area contributed by atoms with Crippen molar-refractivity contribution < 1.29 is 14.6 Å². The predicted octanol–water partition coefficient (Wildman–Crippen LogP) is 1.32. The van der Waals surface area contributed by atoms with Gasteiger partial charge in [0.15, 0.2) is 5.96 Å². The zero-order valence-corrected chi connectivity index (χ0v) is 13.6. The van der Waals surface area contributed by atoms with Crippen LogP contribution in [0.1, 0.15) is 25.5 Å². The number of nitrogens with one attached hydrogen (secondary N) is 2. The summed E-state index contributed by atoms with van der Waals surface area (Å²) in [6.45, 7) is 7.02. The van der Waals surface area contributed by atoms with E-state index in [9.17, 15) is 5.11 Å². The van der Waals surface area contributed by atoms with E-state index in [-0.39, 0.29) is 6.54 Å². The summed E-state index contributed by atoms with van der Waals surface area (Å²) < 4.78 is 10.4. The molecule has 0 radical (unpaired) electrons. The number of aliphatic imine (C=N–C) groups is 1. The number of guanidine groups is 1. The van der Waals surface area contributed by atoms with Crippen LogP contribution in [0.15, 0.2) is 29.3 Å². The summed E-state index contributed by atoms with van der Waals surface area (Å²) >= 11 is 0. The molecule has 1 atom stereocenters. The SMILES string of the molecule is CCNC(=NCC(O)c1ccc(OC)cc1)NCCOCC. The molecule has 0 saturated heterocycles. The zero-order chi connectivity index (χ0) is 16.2. The number of benzene rings is 1. The number of ether oxygens (including phenoxy) is 2. The number of methoxy groups -OCH3 is 1. The van der Waals surface area contributed by atoms with Gasteiger partial charge in [0.05, 0.1) is 26.4 Å². The Morgan fingerprint density at radius 1 is 1.23 bits per heavy atom. The van der Waals surface area contributed by atoms with Crippen molar-refractivity contribution in [1.82, 2.24) is 10.6 Å². The molecule has 0 heterocycles. The van der Waals surface area contributed by atoms with Gasteiger partial charge in [0.25, 0.3) is 0 Å². The third kappa shape index (κ3) is 6.78. The smallest absolute Gasteiger partial charge is 0.191 e. The number of aliphatic hydroxyl groups excluding tert-OH is 1. The Bertz CT molecular complexity index is 435. The Balaban J connectivity index is 2.51. The maximum absolute atomic E-state index is 10.2. The summed E-state index contributed by atoms with van der Waals surface area (Å²) in [6, 6.07) is 7.34. The van der Waals surface area contributed by atoms with Gasteiger partial charge in [-0.25, -0.2) is 0 Å². The van der Waals surface area contributed by atoms with E-state index in [1.165, 1.54) is 0 Å².